The van der Waals surface area contributed by atoms with Crippen LogP contribution in [-0.4, -0.2) is 50.4 Å². The van der Waals surface area contributed by atoms with E-state index in [1.165, 1.54) is 16.2 Å². The largest absolute Gasteiger partial charge is 0.343 e. The number of quaternary nitrogens is 1. The SMILES string of the molecule is C[NH+](C)C[C@@H](NC(=O)C1CCN(C(=O)c2cccs2)CC1)c1ccccc1. The zero-order chi connectivity index (χ0) is 19.2. The number of piperidine rings is 1. The van der Waals surface area contributed by atoms with Crippen molar-refractivity contribution in [2.45, 2.75) is 18.9 Å². The number of carbonyl (C=O) groups excluding carboxylic acids is 2. The number of carbonyl (C=O) groups is 2. The molecule has 27 heavy (non-hydrogen) atoms. The zero-order valence-corrected chi connectivity index (χ0v) is 16.8. The standard InChI is InChI=1S/C21H27N3O2S/c1-23(2)15-18(16-7-4-3-5-8-16)22-20(25)17-10-12-24(13-11-17)21(26)19-9-6-14-27-19/h3-9,14,17-18H,10-13,15H2,1-2H3,(H,22,25)/p+1/t18-/m1/s1. The lowest BCUT2D eigenvalue weighted by Gasteiger charge is -2.32. The van der Waals surface area contributed by atoms with E-state index in [1.807, 2.05) is 40.6 Å². The molecule has 5 nitrogen and oxygen atoms in total. The van der Waals surface area contributed by atoms with Crippen LogP contribution < -0.4 is 10.2 Å². The van der Waals surface area contributed by atoms with Gasteiger partial charge in [0, 0.05) is 19.0 Å². The van der Waals surface area contributed by atoms with Gasteiger partial charge in [-0.05, 0) is 29.9 Å². The monoisotopic (exact) mass is 386 g/mol. The van der Waals surface area contributed by atoms with Crippen LogP contribution in [0.2, 0.25) is 0 Å². The van der Waals surface area contributed by atoms with Gasteiger partial charge in [0.1, 0.15) is 12.6 Å². The number of rotatable bonds is 6. The maximum atomic E-state index is 12.8. The Morgan fingerprint density at radius 3 is 2.44 bits per heavy atom. The Balaban J connectivity index is 1.57. The smallest absolute Gasteiger partial charge is 0.263 e. The van der Waals surface area contributed by atoms with E-state index in [0.717, 1.165) is 29.8 Å². The van der Waals surface area contributed by atoms with Crippen LogP contribution in [0.3, 0.4) is 0 Å². The summed E-state index contributed by atoms with van der Waals surface area (Å²) in [6.45, 7) is 2.12. The van der Waals surface area contributed by atoms with Crippen molar-refractivity contribution in [2.24, 2.45) is 5.92 Å². The summed E-state index contributed by atoms with van der Waals surface area (Å²) < 4.78 is 0. The maximum absolute atomic E-state index is 12.8. The molecule has 2 heterocycles. The molecular formula is C21H28N3O2S+. The third-order valence-corrected chi connectivity index (χ3v) is 5.87. The first-order chi connectivity index (χ1) is 13.0. The quantitative estimate of drug-likeness (QED) is 0.792. The van der Waals surface area contributed by atoms with Crippen molar-refractivity contribution < 1.29 is 14.5 Å². The van der Waals surface area contributed by atoms with Gasteiger partial charge in [0.2, 0.25) is 5.91 Å². The minimum Gasteiger partial charge on any atom is -0.343 e. The molecule has 2 N–H and O–H groups in total. The minimum absolute atomic E-state index is 0.00878. The van der Waals surface area contributed by atoms with E-state index in [0.29, 0.717) is 13.1 Å². The lowest BCUT2D eigenvalue weighted by atomic mass is 9.94. The van der Waals surface area contributed by atoms with Gasteiger partial charge in [-0.3, -0.25) is 9.59 Å². The molecule has 3 rings (SSSR count). The van der Waals surface area contributed by atoms with Crippen molar-refractivity contribution in [3.8, 4) is 0 Å². The fourth-order valence-electron chi connectivity index (χ4n) is 3.54. The lowest BCUT2D eigenvalue weighted by Crippen LogP contribution is -3.06. The van der Waals surface area contributed by atoms with Gasteiger partial charge in [-0.25, -0.2) is 0 Å². The van der Waals surface area contributed by atoms with Crippen molar-refractivity contribution in [2.75, 3.05) is 33.7 Å². The number of amides is 2. The number of likely N-dealkylation sites (tertiary alicyclic amines) is 1. The highest BCUT2D eigenvalue weighted by atomic mass is 32.1. The van der Waals surface area contributed by atoms with Crippen molar-refractivity contribution in [3.63, 3.8) is 0 Å². The molecule has 144 valence electrons. The van der Waals surface area contributed by atoms with Gasteiger partial charge in [0.05, 0.1) is 19.0 Å². The van der Waals surface area contributed by atoms with Crippen molar-refractivity contribution >= 4 is 23.2 Å². The number of benzene rings is 1. The molecule has 1 aromatic carbocycles. The Bertz CT molecular complexity index is 738. The van der Waals surface area contributed by atoms with Gasteiger partial charge in [-0.2, -0.15) is 0 Å². The number of nitrogens with one attached hydrogen (secondary N) is 2. The Labute approximate surface area is 165 Å². The van der Waals surface area contributed by atoms with Gasteiger partial charge in [-0.15, -0.1) is 11.3 Å². The molecule has 1 aromatic heterocycles. The van der Waals surface area contributed by atoms with Gasteiger partial charge in [-0.1, -0.05) is 36.4 Å². The topological polar surface area (TPSA) is 53.9 Å². The second-order valence-electron chi connectivity index (χ2n) is 7.43. The fourth-order valence-corrected chi connectivity index (χ4v) is 4.23. The lowest BCUT2D eigenvalue weighted by molar-refractivity contribution is -0.860. The highest BCUT2D eigenvalue weighted by molar-refractivity contribution is 7.12. The molecular weight excluding hydrogens is 358 g/mol. The summed E-state index contributed by atoms with van der Waals surface area (Å²) in [5, 5.41) is 5.17. The predicted octanol–water partition coefficient (Wildman–Crippen LogP) is 1.60. The van der Waals surface area contributed by atoms with E-state index in [2.05, 4.69) is 31.5 Å². The molecule has 0 spiro atoms. The van der Waals surface area contributed by atoms with Crippen LogP contribution in [0.5, 0.6) is 0 Å². The maximum Gasteiger partial charge on any atom is 0.263 e. The van der Waals surface area contributed by atoms with Crippen LogP contribution >= 0.6 is 11.3 Å². The minimum atomic E-state index is -0.0271. The molecule has 2 amide bonds. The average molecular weight is 387 g/mol. The van der Waals surface area contributed by atoms with Crippen molar-refractivity contribution in [3.05, 3.63) is 58.3 Å². The highest BCUT2D eigenvalue weighted by Crippen LogP contribution is 2.22. The first kappa shape index (κ1) is 19.6. The number of likely N-dealkylation sites (N-methyl/N-ethyl adjacent to an activating group) is 1. The van der Waals surface area contributed by atoms with Crippen molar-refractivity contribution in [1.29, 1.82) is 0 Å². The molecule has 1 aliphatic heterocycles. The Hall–Kier alpha value is -2.18. The Kier molecular flexibility index (Phi) is 6.63. The second kappa shape index (κ2) is 9.15. The summed E-state index contributed by atoms with van der Waals surface area (Å²) in [6.07, 6.45) is 1.44. The molecule has 0 saturated carbocycles. The van der Waals surface area contributed by atoms with Crippen LogP contribution in [0.25, 0.3) is 0 Å². The third-order valence-electron chi connectivity index (χ3n) is 5.02. The van der Waals surface area contributed by atoms with E-state index in [9.17, 15) is 9.59 Å². The summed E-state index contributed by atoms with van der Waals surface area (Å²) in [7, 11) is 4.19. The van der Waals surface area contributed by atoms with E-state index < -0.39 is 0 Å². The Morgan fingerprint density at radius 2 is 1.85 bits per heavy atom. The molecule has 6 heteroatoms. The molecule has 1 atom stereocenters. The van der Waals surface area contributed by atoms with Crippen LogP contribution in [0.15, 0.2) is 47.8 Å². The van der Waals surface area contributed by atoms with Crippen LogP contribution in [0, 0.1) is 5.92 Å². The molecule has 2 aromatic rings. The third kappa shape index (κ3) is 5.17. The molecule has 0 aliphatic carbocycles. The molecule has 1 saturated heterocycles. The molecule has 1 fully saturated rings. The van der Waals surface area contributed by atoms with Crippen LogP contribution in [0.1, 0.15) is 34.1 Å². The molecule has 0 unspecified atom stereocenters. The fraction of sp³-hybridized carbons (Fsp3) is 0.429. The summed E-state index contributed by atoms with van der Waals surface area (Å²) >= 11 is 1.47. The van der Waals surface area contributed by atoms with E-state index >= 15 is 0 Å². The zero-order valence-electron chi connectivity index (χ0n) is 16.0. The summed E-state index contributed by atoms with van der Waals surface area (Å²) in [6, 6.07) is 13.9. The Morgan fingerprint density at radius 1 is 1.15 bits per heavy atom. The normalized spacial score (nSPS) is 16.3. The second-order valence-corrected chi connectivity index (χ2v) is 8.37. The van der Waals surface area contributed by atoms with Gasteiger partial charge < -0.3 is 15.1 Å². The first-order valence-corrected chi connectivity index (χ1v) is 10.4. The number of hydrogen-bond acceptors (Lipinski definition) is 3. The summed E-state index contributed by atoms with van der Waals surface area (Å²) in [5.74, 6) is 0.163. The number of thiophene rings is 1. The highest BCUT2D eigenvalue weighted by Gasteiger charge is 2.30. The van der Waals surface area contributed by atoms with Crippen LogP contribution in [-0.2, 0) is 4.79 Å². The van der Waals surface area contributed by atoms with Crippen molar-refractivity contribution in [1.82, 2.24) is 10.2 Å². The average Bonchev–Trinajstić information content (AvgIpc) is 3.22. The first-order valence-electron chi connectivity index (χ1n) is 9.51. The van der Waals surface area contributed by atoms with Gasteiger partial charge >= 0.3 is 0 Å². The molecule has 1 aliphatic rings. The van der Waals surface area contributed by atoms with Gasteiger partial charge in [0.25, 0.3) is 5.91 Å². The van der Waals surface area contributed by atoms with Gasteiger partial charge in [0.15, 0.2) is 0 Å². The van der Waals surface area contributed by atoms with E-state index in [-0.39, 0.29) is 23.8 Å². The van der Waals surface area contributed by atoms with Crippen LogP contribution in [0.4, 0.5) is 0 Å². The predicted molar refractivity (Wildman–Crippen MR) is 108 cm³/mol. The van der Waals surface area contributed by atoms with E-state index in [1.54, 1.807) is 0 Å². The molecule has 0 radical (unpaired) electrons. The summed E-state index contributed by atoms with van der Waals surface area (Å²) in [5.41, 5.74) is 1.14. The number of hydrogen-bond donors (Lipinski definition) is 2. The summed E-state index contributed by atoms with van der Waals surface area (Å²) in [4.78, 5) is 29.2. The molecule has 0 bridgehead atoms. The number of nitrogens with zero attached hydrogens (tertiary/aromatic N) is 1. The van der Waals surface area contributed by atoms with E-state index in [4.69, 9.17) is 0 Å².